The lowest BCUT2D eigenvalue weighted by Gasteiger charge is -2.14. The lowest BCUT2D eigenvalue weighted by Crippen LogP contribution is -2.26. The topological polar surface area (TPSA) is 91.3 Å². The number of halogens is 1. The van der Waals surface area contributed by atoms with Gasteiger partial charge in [0, 0.05) is 0 Å². The fraction of sp³-hybridized carbons (Fsp3) is 0.154. The maximum atomic E-state index is 14.9. The van der Waals surface area contributed by atoms with E-state index >= 15 is 0 Å². The molecule has 0 atom stereocenters. The number of thiazole rings is 1. The molecule has 2 aromatic carbocycles. The minimum absolute atomic E-state index is 0.0333. The van der Waals surface area contributed by atoms with Crippen molar-refractivity contribution in [2.45, 2.75) is 18.6 Å². The van der Waals surface area contributed by atoms with Crippen LogP contribution in [0.15, 0.2) is 81.3 Å². The van der Waals surface area contributed by atoms with E-state index in [2.05, 4.69) is 5.32 Å². The fourth-order valence-electron chi connectivity index (χ4n) is 3.79. The summed E-state index contributed by atoms with van der Waals surface area (Å²) in [5, 5.41) is 2.91. The van der Waals surface area contributed by atoms with Crippen molar-refractivity contribution in [3.63, 3.8) is 0 Å². The molecular weight excluding hydrogens is 548 g/mol. The molecule has 0 saturated heterocycles. The molecule has 0 aliphatic rings. The highest BCUT2D eigenvalue weighted by Gasteiger charge is 2.22. The molecule has 1 N–H and O–H groups in total. The summed E-state index contributed by atoms with van der Waals surface area (Å²) in [4.78, 5) is 31.1. The molecule has 5 aromatic rings. The summed E-state index contributed by atoms with van der Waals surface area (Å²) in [6.45, 7) is 2.53. The highest BCUT2D eigenvalue weighted by atomic mass is 32.2. The third-order valence-electron chi connectivity index (χ3n) is 5.45. The van der Waals surface area contributed by atoms with Crippen LogP contribution >= 0.6 is 35.3 Å². The van der Waals surface area contributed by atoms with Gasteiger partial charge < -0.3 is 14.5 Å². The van der Waals surface area contributed by atoms with Gasteiger partial charge in [0.05, 0.1) is 36.5 Å². The molecule has 194 valence electrons. The first-order valence-corrected chi connectivity index (χ1v) is 13.8. The van der Waals surface area contributed by atoms with E-state index in [1.165, 1.54) is 29.0 Å². The van der Waals surface area contributed by atoms with Gasteiger partial charge in [-0.1, -0.05) is 47.4 Å². The SMILES string of the molecule is CCOc1ccccc1-n1c(=S)sc2c(=O)n(-c3ccccc3F)c(SCC(=O)NCc3ccco3)nc21. The molecule has 0 bridgehead atoms. The van der Waals surface area contributed by atoms with Crippen molar-refractivity contribution in [1.82, 2.24) is 19.4 Å². The molecular formula is C26H21FN4O4S3. The Balaban J connectivity index is 1.61. The van der Waals surface area contributed by atoms with Gasteiger partial charge in [0.2, 0.25) is 5.91 Å². The van der Waals surface area contributed by atoms with E-state index in [9.17, 15) is 14.0 Å². The van der Waals surface area contributed by atoms with Gasteiger partial charge in [-0.25, -0.2) is 9.37 Å². The molecule has 0 aliphatic heterocycles. The zero-order chi connectivity index (χ0) is 26.6. The number of benzene rings is 2. The van der Waals surface area contributed by atoms with Gasteiger partial charge >= 0.3 is 0 Å². The Labute approximate surface area is 229 Å². The number of hydrogen-bond donors (Lipinski definition) is 1. The number of rotatable bonds is 9. The Kier molecular flexibility index (Phi) is 7.72. The second kappa shape index (κ2) is 11.3. The average molecular weight is 569 g/mol. The summed E-state index contributed by atoms with van der Waals surface area (Å²) in [5.74, 6) is 0.233. The van der Waals surface area contributed by atoms with Crippen molar-refractivity contribution in [3.05, 3.63) is 92.8 Å². The quantitative estimate of drug-likeness (QED) is 0.143. The van der Waals surface area contributed by atoms with Gasteiger partial charge in [-0.3, -0.25) is 18.7 Å². The highest BCUT2D eigenvalue weighted by molar-refractivity contribution is 7.99. The van der Waals surface area contributed by atoms with Crippen LogP contribution in [0.4, 0.5) is 4.39 Å². The standard InChI is InChI=1S/C26H21FN4O4S3/c1-2-34-20-12-6-5-11-19(20)30-23-22(38-26(30)36)24(33)31(18-10-4-3-9-17(18)27)25(29-23)37-15-21(32)28-14-16-8-7-13-35-16/h3-13H,2,14-15H2,1H3,(H,28,32). The van der Waals surface area contributed by atoms with Gasteiger partial charge in [0.1, 0.15) is 22.0 Å². The number of furan rings is 1. The van der Waals surface area contributed by atoms with E-state index in [-0.39, 0.29) is 33.7 Å². The molecule has 0 unspecified atom stereocenters. The van der Waals surface area contributed by atoms with Gasteiger partial charge in [-0.15, -0.1) is 0 Å². The van der Waals surface area contributed by atoms with Crippen molar-refractivity contribution in [3.8, 4) is 17.1 Å². The fourth-order valence-corrected chi connectivity index (χ4v) is 5.91. The zero-order valence-electron chi connectivity index (χ0n) is 20.0. The molecule has 3 heterocycles. The number of nitrogens with zero attached hydrogens (tertiary/aromatic N) is 3. The van der Waals surface area contributed by atoms with Crippen LogP contribution in [-0.4, -0.2) is 32.4 Å². The molecule has 0 aliphatic carbocycles. The van der Waals surface area contributed by atoms with E-state index in [1.54, 1.807) is 22.8 Å². The first-order valence-electron chi connectivity index (χ1n) is 11.6. The van der Waals surface area contributed by atoms with Gasteiger partial charge in [0.25, 0.3) is 5.56 Å². The summed E-state index contributed by atoms with van der Waals surface area (Å²) in [6.07, 6.45) is 1.52. The average Bonchev–Trinajstić information content (AvgIpc) is 3.55. The number of amides is 1. The number of carbonyl (C=O) groups excluding carboxylic acids is 1. The van der Waals surface area contributed by atoms with Crippen molar-refractivity contribution >= 4 is 51.6 Å². The number of fused-ring (bicyclic) bond motifs is 1. The van der Waals surface area contributed by atoms with Gasteiger partial charge in [0.15, 0.2) is 14.8 Å². The van der Waals surface area contributed by atoms with Crippen molar-refractivity contribution in [1.29, 1.82) is 0 Å². The smallest absolute Gasteiger partial charge is 0.278 e. The van der Waals surface area contributed by atoms with E-state index in [1.807, 2.05) is 31.2 Å². The van der Waals surface area contributed by atoms with E-state index in [0.717, 1.165) is 23.1 Å². The van der Waals surface area contributed by atoms with Crippen LogP contribution in [0.5, 0.6) is 5.75 Å². The molecule has 12 heteroatoms. The lowest BCUT2D eigenvalue weighted by atomic mass is 10.3. The number of aromatic nitrogens is 3. The van der Waals surface area contributed by atoms with Crippen LogP contribution in [0.25, 0.3) is 21.7 Å². The second-order valence-electron chi connectivity index (χ2n) is 7.89. The first kappa shape index (κ1) is 25.9. The Morgan fingerprint density at radius 3 is 2.63 bits per heavy atom. The van der Waals surface area contributed by atoms with Crippen molar-refractivity contribution in [2.24, 2.45) is 0 Å². The summed E-state index contributed by atoms with van der Waals surface area (Å²) in [7, 11) is 0. The summed E-state index contributed by atoms with van der Waals surface area (Å²) < 4.78 is 29.4. The largest absolute Gasteiger partial charge is 0.492 e. The maximum absolute atomic E-state index is 14.9. The number of para-hydroxylation sites is 3. The van der Waals surface area contributed by atoms with E-state index in [0.29, 0.717) is 33.4 Å². The number of carbonyl (C=O) groups is 1. The monoisotopic (exact) mass is 568 g/mol. The number of hydrogen-bond acceptors (Lipinski definition) is 8. The summed E-state index contributed by atoms with van der Waals surface area (Å²) in [5.41, 5.74) is 0.491. The number of ether oxygens (including phenoxy) is 1. The van der Waals surface area contributed by atoms with Crippen LogP contribution in [0.1, 0.15) is 12.7 Å². The van der Waals surface area contributed by atoms with Crippen LogP contribution in [0, 0.1) is 9.77 Å². The molecule has 8 nitrogen and oxygen atoms in total. The highest BCUT2D eigenvalue weighted by Crippen LogP contribution is 2.31. The van der Waals surface area contributed by atoms with Crippen molar-refractivity contribution < 1.29 is 18.3 Å². The normalized spacial score (nSPS) is 11.1. The molecule has 5 rings (SSSR count). The van der Waals surface area contributed by atoms with E-state index < -0.39 is 11.4 Å². The minimum Gasteiger partial charge on any atom is -0.492 e. The van der Waals surface area contributed by atoms with Crippen molar-refractivity contribution in [2.75, 3.05) is 12.4 Å². The molecule has 3 aromatic heterocycles. The molecule has 0 fully saturated rings. The lowest BCUT2D eigenvalue weighted by molar-refractivity contribution is -0.118. The third-order valence-corrected chi connectivity index (χ3v) is 7.74. The molecule has 0 radical (unpaired) electrons. The number of nitrogens with one attached hydrogen (secondary N) is 1. The molecule has 1 amide bonds. The summed E-state index contributed by atoms with van der Waals surface area (Å²) in [6, 6.07) is 16.7. The Bertz CT molecular complexity index is 1730. The number of thioether (sulfide) groups is 1. The Morgan fingerprint density at radius 1 is 1.13 bits per heavy atom. The Morgan fingerprint density at radius 2 is 1.89 bits per heavy atom. The van der Waals surface area contributed by atoms with Crippen LogP contribution in [0.2, 0.25) is 0 Å². The Hall–Kier alpha value is -3.74. The van der Waals surface area contributed by atoms with E-state index in [4.69, 9.17) is 26.4 Å². The van der Waals surface area contributed by atoms with Gasteiger partial charge in [-0.05, 0) is 55.5 Å². The van der Waals surface area contributed by atoms with Crippen LogP contribution < -0.4 is 15.6 Å². The molecule has 0 spiro atoms. The van der Waals surface area contributed by atoms with Crippen LogP contribution in [0.3, 0.4) is 0 Å². The summed E-state index contributed by atoms with van der Waals surface area (Å²) >= 11 is 7.74. The third kappa shape index (κ3) is 5.15. The molecule has 38 heavy (non-hydrogen) atoms. The molecule has 0 saturated carbocycles. The second-order valence-corrected chi connectivity index (χ2v) is 10.5. The van der Waals surface area contributed by atoms with Gasteiger partial charge in [-0.2, -0.15) is 0 Å². The first-order chi connectivity index (χ1) is 18.5. The predicted octanol–water partition coefficient (Wildman–Crippen LogP) is 5.51. The maximum Gasteiger partial charge on any atom is 0.278 e. The minimum atomic E-state index is -0.593. The zero-order valence-corrected chi connectivity index (χ0v) is 22.5. The van der Waals surface area contributed by atoms with Crippen LogP contribution in [-0.2, 0) is 11.3 Å². The predicted molar refractivity (Wildman–Crippen MR) is 148 cm³/mol.